The quantitative estimate of drug-likeness (QED) is 0.560. The molecule has 0 bridgehead atoms. The Morgan fingerprint density at radius 3 is 2.16 bits per heavy atom. The number of ether oxygens (including phenoxy) is 4. The molecule has 32 heavy (non-hydrogen) atoms. The lowest BCUT2D eigenvalue weighted by molar-refractivity contribution is -0.124. The molecule has 0 aromatic heterocycles. The molecular weight excluding hydrogens is 414 g/mol. The average molecular weight is 452 g/mol. The van der Waals surface area contributed by atoms with Crippen LogP contribution in [0.3, 0.4) is 0 Å². The number of nitrogens with zero attached hydrogens (tertiary/aromatic N) is 1. The first-order valence-corrected chi connectivity index (χ1v) is 10.8. The van der Waals surface area contributed by atoms with Gasteiger partial charge in [0.05, 0.1) is 27.2 Å². The Hall–Kier alpha value is -2.68. The fourth-order valence-electron chi connectivity index (χ4n) is 3.85. The van der Waals surface area contributed by atoms with Crippen LogP contribution in [0.25, 0.3) is 0 Å². The fraction of sp³-hybridized carbons (Fsp3) is 0.652. The van der Waals surface area contributed by atoms with Gasteiger partial charge in [0.2, 0.25) is 11.7 Å². The number of benzene rings is 1. The van der Waals surface area contributed by atoms with Crippen molar-refractivity contribution in [3.8, 4) is 17.2 Å². The Labute approximate surface area is 190 Å². The summed E-state index contributed by atoms with van der Waals surface area (Å²) < 4.78 is 21.5. The van der Waals surface area contributed by atoms with E-state index in [1.807, 2.05) is 32.9 Å². The van der Waals surface area contributed by atoms with Crippen LogP contribution in [0.1, 0.15) is 38.7 Å². The predicted molar refractivity (Wildman–Crippen MR) is 122 cm³/mol. The summed E-state index contributed by atoms with van der Waals surface area (Å²) in [6, 6.07) is 3.51. The van der Waals surface area contributed by atoms with Crippen LogP contribution in [-0.2, 0) is 9.53 Å². The maximum Gasteiger partial charge on any atom is 0.317 e. The summed E-state index contributed by atoms with van der Waals surface area (Å²) in [6.45, 7) is 7.59. The van der Waals surface area contributed by atoms with E-state index in [2.05, 4.69) is 10.6 Å². The van der Waals surface area contributed by atoms with Crippen LogP contribution in [0.5, 0.6) is 17.2 Å². The number of nitrogens with one attached hydrogen (secondary N) is 2. The summed E-state index contributed by atoms with van der Waals surface area (Å²) in [7, 11) is 6.28. The number of carbonyl (C=O) groups excluding carboxylic acids is 2. The third kappa shape index (κ3) is 6.41. The standard InChI is InChI=1S/C23H37N3O6/c1-23(2,3)25-22(28)26-13-16(17(14-26)21(27)24-9-8-10-29-4)15-11-18(30-5)20(32-7)19(12-15)31-6/h11-12,16-17H,8-10,13-14H2,1-7H3,(H,24,27)(H,25,28)/t16-,17-/m0/s1. The zero-order valence-corrected chi connectivity index (χ0v) is 20.2. The summed E-state index contributed by atoms with van der Waals surface area (Å²) in [4.78, 5) is 27.6. The zero-order valence-electron chi connectivity index (χ0n) is 20.2. The van der Waals surface area contributed by atoms with Gasteiger partial charge in [0, 0.05) is 44.8 Å². The molecule has 1 aliphatic heterocycles. The maximum absolute atomic E-state index is 13.1. The van der Waals surface area contributed by atoms with Crippen LogP contribution >= 0.6 is 0 Å². The highest BCUT2D eigenvalue weighted by molar-refractivity contribution is 5.83. The molecule has 1 heterocycles. The largest absolute Gasteiger partial charge is 0.493 e. The minimum Gasteiger partial charge on any atom is -0.493 e. The van der Waals surface area contributed by atoms with Crippen LogP contribution in [0.4, 0.5) is 4.79 Å². The molecule has 2 N–H and O–H groups in total. The second kappa shape index (κ2) is 11.3. The first-order chi connectivity index (χ1) is 15.1. The van der Waals surface area contributed by atoms with Crippen molar-refractivity contribution in [2.45, 2.75) is 38.6 Å². The van der Waals surface area contributed by atoms with E-state index in [9.17, 15) is 9.59 Å². The van der Waals surface area contributed by atoms with Gasteiger partial charge in [-0.2, -0.15) is 0 Å². The Kier molecular flexibility index (Phi) is 9.00. The monoisotopic (exact) mass is 451 g/mol. The van der Waals surface area contributed by atoms with Crippen molar-refractivity contribution >= 4 is 11.9 Å². The molecule has 2 rings (SSSR count). The van der Waals surface area contributed by atoms with Gasteiger partial charge in [-0.05, 0) is 44.9 Å². The SMILES string of the molecule is COCCCNC(=O)[C@H]1CN(C(=O)NC(C)(C)C)C[C@H]1c1cc(OC)c(OC)c(OC)c1. The van der Waals surface area contributed by atoms with Gasteiger partial charge >= 0.3 is 6.03 Å². The highest BCUT2D eigenvalue weighted by atomic mass is 16.5. The summed E-state index contributed by atoms with van der Waals surface area (Å²) >= 11 is 0. The lowest BCUT2D eigenvalue weighted by Gasteiger charge is -2.25. The molecule has 0 spiro atoms. The molecule has 0 unspecified atom stereocenters. The molecule has 1 fully saturated rings. The van der Waals surface area contributed by atoms with E-state index in [0.29, 0.717) is 43.5 Å². The Bertz CT molecular complexity index is 767. The first-order valence-electron chi connectivity index (χ1n) is 10.8. The van der Waals surface area contributed by atoms with Crippen molar-refractivity contribution in [1.82, 2.24) is 15.5 Å². The van der Waals surface area contributed by atoms with Crippen LogP contribution in [0, 0.1) is 5.92 Å². The van der Waals surface area contributed by atoms with Gasteiger partial charge in [0.25, 0.3) is 0 Å². The van der Waals surface area contributed by atoms with E-state index in [1.54, 1.807) is 33.3 Å². The third-order valence-corrected chi connectivity index (χ3v) is 5.37. The molecule has 9 heteroatoms. The fourth-order valence-corrected chi connectivity index (χ4v) is 3.85. The lowest BCUT2D eigenvalue weighted by Crippen LogP contribution is -2.48. The van der Waals surface area contributed by atoms with Crippen LogP contribution < -0.4 is 24.8 Å². The lowest BCUT2D eigenvalue weighted by atomic mass is 9.88. The molecule has 0 radical (unpaired) electrons. The van der Waals surface area contributed by atoms with E-state index < -0.39 is 5.92 Å². The van der Waals surface area contributed by atoms with Crippen molar-refractivity contribution in [3.05, 3.63) is 17.7 Å². The molecule has 0 aliphatic carbocycles. The number of urea groups is 1. The Balaban J connectivity index is 2.34. The minimum absolute atomic E-state index is 0.0917. The molecule has 9 nitrogen and oxygen atoms in total. The number of amides is 3. The molecule has 1 aromatic carbocycles. The van der Waals surface area contributed by atoms with Gasteiger partial charge in [-0.15, -0.1) is 0 Å². The normalized spacial score (nSPS) is 18.3. The van der Waals surface area contributed by atoms with Crippen LogP contribution in [-0.4, -0.2) is 77.1 Å². The maximum atomic E-state index is 13.1. The van der Waals surface area contributed by atoms with Crippen molar-refractivity contribution in [2.75, 3.05) is 54.7 Å². The van der Waals surface area contributed by atoms with Crippen molar-refractivity contribution in [3.63, 3.8) is 0 Å². The molecule has 180 valence electrons. The summed E-state index contributed by atoms with van der Waals surface area (Å²) in [5.74, 6) is 0.783. The second-order valence-corrected chi connectivity index (χ2v) is 8.89. The van der Waals surface area contributed by atoms with Gasteiger partial charge in [0.15, 0.2) is 11.5 Å². The van der Waals surface area contributed by atoms with Gasteiger partial charge in [0.1, 0.15) is 0 Å². The van der Waals surface area contributed by atoms with Gasteiger partial charge in [-0.25, -0.2) is 4.79 Å². The topological polar surface area (TPSA) is 98.4 Å². The van der Waals surface area contributed by atoms with Gasteiger partial charge in [-0.3, -0.25) is 4.79 Å². The molecule has 2 atom stereocenters. The first kappa shape index (κ1) is 25.6. The third-order valence-electron chi connectivity index (χ3n) is 5.37. The van der Waals surface area contributed by atoms with Gasteiger partial charge < -0.3 is 34.5 Å². The second-order valence-electron chi connectivity index (χ2n) is 8.89. The highest BCUT2D eigenvalue weighted by Gasteiger charge is 2.41. The number of likely N-dealkylation sites (tertiary alicyclic amines) is 1. The van der Waals surface area contributed by atoms with Crippen LogP contribution in [0.15, 0.2) is 12.1 Å². The number of methoxy groups -OCH3 is 4. The average Bonchev–Trinajstić information content (AvgIpc) is 3.20. The van der Waals surface area contributed by atoms with E-state index >= 15 is 0 Å². The Morgan fingerprint density at radius 1 is 1.03 bits per heavy atom. The number of rotatable bonds is 9. The molecular formula is C23H37N3O6. The predicted octanol–water partition coefficient (Wildman–Crippen LogP) is 2.39. The summed E-state index contributed by atoms with van der Waals surface area (Å²) in [6.07, 6.45) is 0.720. The highest BCUT2D eigenvalue weighted by Crippen LogP contribution is 2.43. The molecule has 0 saturated carbocycles. The zero-order chi connectivity index (χ0) is 23.9. The van der Waals surface area contributed by atoms with E-state index in [0.717, 1.165) is 12.0 Å². The summed E-state index contributed by atoms with van der Waals surface area (Å²) in [5.41, 5.74) is 0.474. The molecule has 1 saturated heterocycles. The molecule has 3 amide bonds. The summed E-state index contributed by atoms with van der Waals surface area (Å²) in [5, 5.41) is 5.97. The Morgan fingerprint density at radius 2 is 1.66 bits per heavy atom. The number of carbonyl (C=O) groups is 2. The van der Waals surface area contributed by atoms with Crippen molar-refractivity contribution < 1.29 is 28.5 Å². The minimum atomic E-state index is -0.411. The van der Waals surface area contributed by atoms with E-state index in [-0.39, 0.29) is 23.4 Å². The van der Waals surface area contributed by atoms with Crippen molar-refractivity contribution in [1.29, 1.82) is 0 Å². The van der Waals surface area contributed by atoms with Crippen molar-refractivity contribution in [2.24, 2.45) is 5.92 Å². The smallest absolute Gasteiger partial charge is 0.317 e. The van der Waals surface area contributed by atoms with Gasteiger partial charge in [-0.1, -0.05) is 0 Å². The molecule has 1 aromatic rings. The van der Waals surface area contributed by atoms with E-state index in [1.165, 1.54) is 0 Å². The van der Waals surface area contributed by atoms with E-state index in [4.69, 9.17) is 18.9 Å². The number of hydrogen-bond acceptors (Lipinski definition) is 6. The number of hydrogen-bond donors (Lipinski definition) is 2. The van der Waals surface area contributed by atoms with Crippen LogP contribution in [0.2, 0.25) is 0 Å². The molecule has 1 aliphatic rings.